The maximum atomic E-state index is 12.0. The summed E-state index contributed by atoms with van der Waals surface area (Å²) in [6, 6.07) is 18.5. The molecule has 170 valence electrons. The van der Waals surface area contributed by atoms with Gasteiger partial charge in [0.2, 0.25) is 0 Å². The van der Waals surface area contributed by atoms with Gasteiger partial charge in [-0.25, -0.2) is 14.3 Å². The van der Waals surface area contributed by atoms with E-state index >= 15 is 0 Å². The van der Waals surface area contributed by atoms with Crippen molar-refractivity contribution in [3.8, 4) is 17.0 Å². The molecule has 1 atom stereocenters. The van der Waals surface area contributed by atoms with Crippen molar-refractivity contribution < 1.29 is 19.4 Å². The molecule has 0 saturated heterocycles. The number of carbonyl (C=O) groups is 1. The second-order valence-electron chi connectivity index (χ2n) is 8.77. The van der Waals surface area contributed by atoms with Crippen molar-refractivity contribution in [2.24, 2.45) is 0 Å². The molecular formula is C25H27N3O4Si. The third-order valence-corrected chi connectivity index (χ3v) is 7.37. The van der Waals surface area contributed by atoms with E-state index in [1.807, 2.05) is 47.0 Å². The van der Waals surface area contributed by atoms with Crippen molar-refractivity contribution in [3.05, 3.63) is 77.6 Å². The summed E-state index contributed by atoms with van der Waals surface area (Å²) in [5.41, 5.74) is 3.40. The third kappa shape index (κ3) is 4.15. The van der Waals surface area contributed by atoms with Crippen molar-refractivity contribution in [2.75, 3.05) is 14.2 Å². The van der Waals surface area contributed by atoms with Gasteiger partial charge < -0.3 is 14.6 Å². The lowest BCUT2D eigenvalue weighted by Crippen LogP contribution is -2.43. The Labute approximate surface area is 193 Å². The van der Waals surface area contributed by atoms with Crippen LogP contribution in [-0.4, -0.2) is 48.0 Å². The Hall–Kier alpha value is -3.49. The summed E-state index contributed by atoms with van der Waals surface area (Å²) in [5, 5.41) is 17.5. The van der Waals surface area contributed by atoms with Gasteiger partial charge in [-0.3, -0.25) is 0 Å². The number of aliphatic hydroxyl groups excluding tert-OH is 1. The largest absolute Gasteiger partial charge is 0.495 e. The van der Waals surface area contributed by atoms with Crippen molar-refractivity contribution in [3.63, 3.8) is 0 Å². The molecule has 0 aliphatic heterocycles. The molecule has 1 N–H and O–H groups in total. The van der Waals surface area contributed by atoms with E-state index in [1.165, 1.54) is 7.11 Å². The molecule has 1 aromatic carbocycles. The smallest absolute Gasteiger partial charge is 0.356 e. The average molecular weight is 462 g/mol. The Morgan fingerprint density at radius 1 is 1.00 bits per heavy atom. The lowest BCUT2D eigenvalue weighted by molar-refractivity contribution is 0.0593. The van der Waals surface area contributed by atoms with Gasteiger partial charge in [0, 0.05) is 11.1 Å². The van der Waals surface area contributed by atoms with E-state index < -0.39 is 20.1 Å². The lowest BCUT2D eigenvalue weighted by atomic mass is 9.99. The molecule has 0 aliphatic carbocycles. The van der Waals surface area contributed by atoms with Crippen LogP contribution in [0.5, 0.6) is 5.75 Å². The van der Waals surface area contributed by atoms with Gasteiger partial charge in [0.05, 0.1) is 36.4 Å². The van der Waals surface area contributed by atoms with E-state index in [0.29, 0.717) is 17.0 Å². The van der Waals surface area contributed by atoms with Gasteiger partial charge in [-0.05, 0) is 24.3 Å². The predicted octanol–water partition coefficient (Wildman–Crippen LogP) is 3.82. The fourth-order valence-electron chi connectivity index (χ4n) is 4.01. The van der Waals surface area contributed by atoms with E-state index in [2.05, 4.69) is 24.6 Å². The molecule has 0 fully saturated rings. The molecule has 0 saturated carbocycles. The summed E-state index contributed by atoms with van der Waals surface area (Å²) >= 11 is 0. The molecule has 0 radical (unpaired) electrons. The monoisotopic (exact) mass is 461 g/mol. The van der Waals surface area contributed by atoms with Crippen molar-refractivity contribution >= 4 is 24.9 Å². The molecule has 33 heavy (non-hydrogen) atoms. The SMILES string of the molecule is COC(=O)c1cccc(C(O)c2c(-c3ccccc3)nn3c([Si](C)(C)C)c(OC)ccc23)n1. The Morgan fingerprint density at radius 3 is 2.36 bits per heavy atom. The van der Waals surface area contributed by atoms with Gasteiger partial charge >= 0.3 is 5.97 Å². The van der Waals surface area contributed by atoms with Crippen LogP contribution in [0.25, 0.3) is 16.8 Å². The van der Waals surface area contributed by atoms with E-state index in [1.54, 1.807) is 25.3 Å². The number of ether oxygens (including phenoxy) is 2. The number of aliphatic hydroxyl groups is 1. The Morgan fingerprint density at radius 2 is 1.73 bits per heavy atom. The maximum absolute atomic E-state index is 12.0. The summed E-state index contributed by atoms with van der Waals surface area (Å²) in [5.74, 6) is 0.216. The zero-order valence-electron chi connectivity index (χ0n) is 19.4. The Balaban J connectivity index is 2.02. The minimum Gasteiger partial charge on any atom is -0.495 e. The second-order valence-corrected chi connectivity index (χ2v) is 13.7. The van der Waals surface area contributed by atoms with Gasteiger partial charge in [0.15, 0.2) is 0 Å². The molecule has 3 aromatic heterocycles. The Kier molecular flexibility index (Phi) is 6.05. The fraction of sp³-hybridized carbons (Fsp3) is 0.240. The molecule has 8 heteroatoms. The molecule has 3 heterocycles. The summed E-state index contributed by atoms with van der Waals surface area (Å²) in [6.45, 7) is 6.68. The Bertz CT molecular complexity index is 1310. The minimum absolute atomic E-state index is 0.135. The minimum atomic E-state index is -1.90. The van der Waals surface area contributed by atoms with E-state index in [-0.39, 0.29) is 5.69 Å². The normalized spacial score (nSPS) is 12.5. The highest BCUT2D eigenvalue weighted by Crippen LogP contribution is 2.35. The van der Waals surface area contributed by atoms with Gasteiger partial charge in [0.1, 0.15) is 25.6 Å². The second kappa shape index (κ2) is 8.80. The molecular weight excluding hydrogens is 434 g/mol. The van der Waals surface area contributed by atoms with Crippen LogP contribution in [-0.2, 0) is 4.74 Å². The van der Waals surface area contributed by atoms with Gasteiger partial charge in [-0.1, -0.05) is 56.0 Å². The number of esters is 1. The average Bonchev–Trinajstić information content (AvgIpc) is 3.21. The van der Waals surface area contributed by atoms with E-state index in [4.69, 9.17) is 14.6 Å². The number of hydrogen-bond donors (Lipinski definition) is 1. The van der Waals surface area contributed by atoms with Crippen LogP contribution in [0.3, 0.4) is 0 Å². The van der Waals surface area contributed by atoms with Gasteiger partial charge in [0.25, 0.3) is 0 Å². The molecule has 0 amide bonds. The summed E-state index contributed by atoms with van der Waals surface area (Å²) in [4.78, 5) is 16.4. The molecule has 0 bridgehead atoms. The van der Waals surface area contributed by atoms with Crippen LogP contribution in [0.15, 0.2) is 60.7 Å². The number of fused-ring (bicyclic) bond motifs is 1. The molecule has 4 aromatic rings. The third-order valence-electron chi connectivity index (χ3n) is 5.49. The number of methoxy groups -OCH3 is 2. The first kappa shape index (κ1) is 22.7. The van der Waals surface area contributed by atoms with Crippen LogP contribution in [0.4, 0.5) is 0 Å². The first-order valence-corrected chi connectivity index (χ1v) is 14.1. The number of pyridine rings is 2. The number of aromatic nitrogens is 3. The van der Waals surface area contributed by atoms with E-state index in [0.717, 1.165) is 22.1 Å². The lowest BCUT2D eigenvalue weighted by Gasteiger charge is -2.21. The molecule has 0 spiro atoms. The van der Waals surface area contributed by atoms with Crippen LogP contribution < -0.4 is 10.1 Å². The van der Waals surface area contributed by atoms with Crippen molar-refractivity contribution in [2.45, 2.75) is 25.7 Å². The molecule has 4 rings (SSSR count). The van der Waals surface area contributed by atoms with Crippen LogP contribution >= 0.6 is 0 Å². The summed E-state index contributed by atoms with van der Waals surface area (Å²) < 4.78 is 12.4. The summed E-state index contributed by atoms with van der Waals surface area (Å²) in [7, 11) is 1.06. The highest BCUT2D eigenvalue weighted by atomic mass is 28.3. The van der Waals surface area contributed by atoms with Crippen LogP contribution in [0.2, 0.25) is 19.6 Å². The number of hydrogen-bond acceptors (Lipinski definition) is 6. The first-order chi connectivity index (χ1) is 15.8. The number of nitrogens with zero attached hydrogens (tertiary/aromatic N) is 3. The quantitative estimate of drug-likeness (QED) is 0.347. The summed E-state index contributed by atoms with van der Waals surface area (Å²) in [6.07, 6.45) is -1.11. The van der Waals surface area contributed by atoms with Crippen molar-refractivity contribution in [1.29, 1.82) is 0 Å². The van der Waals surface area contributed by atoms with Crippen molar-refractivity contribution in [1.82, 2.24) is 14.6 Å². The van der Waals surface area contributed by atoms with Gasteiger partial charge in [-0.2, -0.15) is 5.10 Å². The number of carbonyl (C=O) groups excluding carboxylic acids is 1. The highest BCUT2D eigenvalue weighted by molar-refractivity contribution is 6.88. The van der Waals surface area contributed by atoms with Crippen LogP contribution in [0.1, 0.15) is 27.8 Å². The predicted molar refractivity (Wildman–Crippen MR) is 130 cm³/mol. The fourth-order valence-corrected chi connectivity index (χ4v) is 5.74. The van der Waals surface area contributed by atoms with Gasteiger partial charge in [-0.15, -0.1) is 0 Å². The zero-order chi connectivity index (χ0) is 23.8. The van der Waals surface area contributed by atoms with E-state index in [9.17, 15) is 9.90 Å². The van der Waals surface area contributed by atoms with Crippen LogP contribution in [0, 0.1) is 0 Å². The highest BCUT2D eigenvalue weighted by Gasteiger charge is 2.30. The topological polar surface area (TPSA) is 86.0 Å². The molecule has 0 aliphatic rings. The first-order valence-electron chi connectivity index (χ1n) is 10.6. The molecule has 7 nitrogen and oxygen atoms in total. The standard InChI is InChI=1S/C25H27N3O4Si/c1-31-20-15-14-19-21(23(29)17-12-9-13-18(26-17)25(30)32-2)22(16-10-7-6-8-11-16)27-28(19)24(20)33(3,4)5/h6-15,23,29H,1-5H3. The molecule has 1 unspecified atom stereocenters. The maximum Gasteiger partial charge on any atom is 0.356 e. The number of rotatable bonds is 6. The number of benzene rings is 1. The zero-order valence-corrected chi connectivity index (χ0v) is 20.4.